The average Bonchev–Trinajstić information content (AvgIpc) is 2.60. The molecule has 2 bridgehead atoms. The third kappa shape index (κ3) is 1.58. The van der Waals surface area contributed by atoms with Crippen molar-refractivity contribution in [2.45, 2.75) is 40.5 Å². The number of alkyl carbamates (subject to hydrolysis) is 1. The van der Waals surface area contributed by atoms with Crippen molar-refractivity contribution in [2.24, 2.45) is 16.7 Å². The lowest BCUT2D eigenvalue weighted by molar-refractivity contribution is -0.125. The first-order valence-corrected chi connectivity index (χ1v) is 6.52. The van der Waals surface area contributed by atoms with Gasteiger partial charge in [-0.2, -0.15) is 0 Å². The molecule has 2 aliphatic carbocycles. The minimum atomic E-state index is -0.497. The maximum Gasteiger partial charge on any atom is 0.411 e. The Balaban J connectivity index is 2.20. The summed E-state index contributed by atoms with van der Waals surface area (Å²) in [5.41, 5.74) is 0.452. The predicted molar refractivity (Wildman–Crippen MR) is 67.9 cm³/mol. The fourth-order valence-corrected chi connectivity index (χ4v) is 3.40. The number of ketones is 1. The molecule has 0 aromatic rings. The van der Waals surface area contributed by atoms with Gasteiger partial charge < -0.3 is 4.74 Å². The molecule has 100 valence electrons. The number of fused-ring (bicyclic) bond motifs is 2. The second-order valence-electron chi connectivity index (χ2n) is 5.94. The zero-order valence-electron chi connectivity index (χ0n) is 11.5. The van der Waals surface area contributed by atoms with Crippen LogP contribution in [0.1, 0.15) is 40.5 Å². The molecule has 2 atom stereocenters. The topological polar surface area (TPSA) is 55.4 Å². The number of ether oxygens (including phenoxy) is 1. The Hall–Kier alpha value is -1.32. The molecule has 18 heavy (non-hydrogen) atoms. The lowest BCUT2D eigenvalue weighted by atomic mass is 9.70. The van der Waals surface area contributed by atoms with E-state index in [9.17, 15) is 9.59 Å². The van der Waals surface area contributed by atoms with Gasteiger partial charge in [0.25, 0.3) is 0 Å². The molecule has 1 N–H and O–H groups in total. The van der Waals surface area contributed by atoms with Crippen LogP contribution >= 0.6 is 0 Å². The number of amides is 1. The summed E-state index contributed by atoms with van der Waals surface area (Å²) in [6.07, 6.45) is 3.02. The van der Waals surface area contributed by atoms with E-state index in [-0.39, 0.29) is 22.5 Å². The highest BCUT2D eigenvalue weighted by molar-refractivity contribution is 6.04. The van der Waals surface area contributed by atoms with Gasteiger partial charge in [0.2, 0.25) is 0 Å². The van der Waals surface area contributed by atoms with Gasteiger partial charge in [0, 0.05) is 17.2 Å². The van der Waals surface area contributed by atoms with Crippen molar-refractivity contribution in [3.05, 3.63) is 11.8 Å². The van der Waals surface area contributed by atoms with E-state index in [0.717, 1.165) is 18.4 Å². The van der Waals surface area contributed by atoms with Gasteiger partial charge in [0.05, 0.1) is 6.61 Å². The summed E-state index contributed by atoms with van der Waals surface area (Å²) in [7, 11) is 0. The molecule has 2 saturated carbocycles. The van der Waals surface area contributed by atoms with Gasteiger partial charge in [0.1, 0.15) is 0 Å². The quantitative estimate of drug-likeness (QED) is 0.768. The number of carbonyl (C=O) groups is 2. The van der Waals surface area contributed by atoms with Crippen molar-refractivity contribution in [2.75, 3.05) is 6.61 Å². The van der Waals surface area contributed by atoms with Crippen LogP contribution in [0.15, 0.2) is 11.8 Å². The minimum Gasteiger partial charge on any atom is -0.450 e. The standard InChI is InChI=1S/C14H21NO3/c1-5-18-12(17)15-8-9-10-6-7-14(4,11(9)16)13(10,2)3/h8,10H,5-7H2,1-4H3,(H,15,17). The molecule has 0 spiro atoms. The molecule has 4 nitrogen and oxygen atoms in total. The Morgan fingerprint density at radius 1 is 1.50 bits per heavy atom. The highest BCUT2D eigenvalue weighted by Gasteiger charge is 2.63. The Kier molecular flexibility index (Phi) is 2.99. The highest BCUT2D eigenvalue weighted by Crippen LogP contribution is 2.65. The van der Waals surface area contributed by atoms with Gasteiger partial charge in [-0.3, -0.25) is 10.1 Å². The van der Waals surface area contributed by atoms with Crippen LogP contribution in [0.4, 0.5) is 4.79 Å². The minimum absolute atomic E-state index is 0.0216. The largest absolute Gasteiger partial charge is 0.450 e. The molecule has 0 aliphatic heterocycles. The summed E-state index contributed by atoms with van der Waals surface area (Å²) in [6.45, 7) is 8.41. The SMILES string of the molecule is CCOC(=O)NC=C1C(=O)C2(C)CCC1C2(C)C. The van der Waals surface area contributed by atoms with Crippen molar-refractivity contribution in [3.8, 4) is 0 Å². The van der Waals surface area contributed by atoms with Crippen molar-refractivity contribution < 1.29 is 14.3 Å². The van der Waals surface area contributed by atoms with Crippen molar-refractivity contribution in [3.63, 3.8) is 0 Å². The molecule has 0 heterocycles. The molecular formula is C14H21NO3. The molecule has 0 aromatic heterocycles. The predicted octanol–water partition coefficient (Wildman–Crippen LogP) is 2.64. The van der Waals surface area contributed by atoms with Crippen molar-refractivity contribution in [1.29, 1.82) is 0 Å². The fraction of sp³-hybridized carbons (Fsp3) is 0.714. The maximum atomic E-state index is 12.4. The number of hydrogen-bond acceptors (Lipinski definition) is 3. The van der Waals surface area contributed by atoms with Gasteiger partial charge in [-0.15, -0.1) is 0 Å². The molecule has 0 saturated heterocycles. The van der Waals surface area contributed by atoms with Crippen LogP contribution in [-0.4, -0.2) is 18.5 Å². The average molecular weight is 251 g/mol. The number of rotatable bonds is 2. The maximum absolute atomic E-state index is 12.4. The van der Waals surface area contributed by atoms with Crippen LogP contribution in [0.25, 0.3) is 0 Å². The van der Waals surface area contributed by atoms with E-state index < -0.39 is 6.09 Å². The molecule has 4 heteroatoms. The van der Waals surface area contributed by atoms with Crippen LogP contribution in [-0.2, 0) is 9.53 Å². The summed E-state index contributed by atoms with van der Waals surface area (Å²) in [6, 6.07) is 0. The smallest absolute Gasteiger partial charge is 0.411 e. The lowest BCUT2D eigenvalue weighted by Crippen LogP contribution is -2.32. The molecule has 1 amide bonds. The molecular weight excluding hydrogens is 230 g/mol. The Morgan fingerprint density at radius 3 is 2.67 bits per heavy atom. The number of Topliss-reactive ketones (excluding diaryl/α,β-unsaturated/α-hetero) is 1. The van der Waals surface area contributed by atoms with Gasteiger partial charge >= 0.3 is 6.09 Å². The van der Waals surface area contributed by atoms with E-state index in [1.807, 2.05) is 6.92 Å². The Morgan fingerprint density at radius 2 is 2.17 bits per heavy atom. The molecule has 0 aromatic carbocycles. The number of carbonyl (C=O) groups excluding carboxylic acids is 2. The van der Waals surface area contributed by atoms with Crippen LogP contribution in [0.5, 0.6) is 0 Å². The lowest BCUT2D eigenvalue weighted by Gasteiger charge is -2.31. The van der Waals surface area contributed by atoms with Crippen molar-refractivity contribution in [1.82, 2.24) is 5.32 Å². The van der Waals surface area contributed by atoms with Gasteiger partial charge in [-0.05, 0) is 31.1 Å². The summed E-state index contributed by atoms with van der Waals surface area (Å²) < 4.78 is 4.79. The van der Waals surface area contributed by atoms with E-state index in [4.69, 9.17) is 4.74 Å². The third-order valence-corrected chi connectivity index (χ3v) is 4.99. The summed E-state index contributed by atoms with van der Waals surface area (Å²) >= 11 is 0. The van der Waals surface area contributed by atoms with Gasteiger partial charge in [-0.25, -0.2) is 4.79 Å². The van der Waals surface area contributed by atoms with E-state index in [0.29, 0.717) is 6.61 Å². The first kappa shape index (κ1) is 13.1. The zero-order valence-corrected chi connectivity index (χ0v) is 11.5. The van der Waals surface area contributed by atoms with E-state index in [2.05, 4.69) is 19.2 Å². The summed E-state index contributed by atoms with van der Waals surface area (Å²) in [5, 5.41) is 2.55. The molecule has 2 unspecified atom stereocenters. The second kappa shape index (κ2) is 4.11. The summed E-state index contributed by atoms with van der Waals surface area (Å²) in [5.74, 6) is 0.428. The van der Waals surface area contributed by atoms with Crippen LogP contribution in [0.3, 0.4) is 0 Å². The number of hydrogen-bond donors (Lipinski definition) is 1. The second-order valence-corrected chi connectivity index (χ2v) is 5.94. The van der Waals surface area contributed by atoms with E-state index in [1.54, 1.807) is 13.1 Å². The molecule has 0 radical (unpaired) electrons. The first-order chi connectivity index (χ1) is 8.34. The highest BCUT2D eigenvalue weighted by atomic mass is 16.5. The van der Waals surface area contributed by atoms with Gasteiger partial charge in [-0.1, -0.05) is 20.8 Å². The monoisotopic (exact) mass is 251 g/mol. The first-order valence-electron chi connectivity index (χ1n) is 6.52. The number of allylic oxidation sites excluding steroid dienone is 1. The zero-order chi connectivity index (χ0) is 13.6. The Bertz CT molecular complexity index is 425. The number of nitrogens with one attached hydrogen (secondary N) is 1. The normalized spacial score (nSPS) is 35.0. The van der Waals surface area contributed by atoms with Crippen LogP contribution < -0.4 is 5.32 Å². The summed E-state index contributed by atoms with van der Waals surface area (Å²) in [4.78, 5) is 23.7. The van der Waals surface area contributed by atoms with E-state index in [1.165, 1.54) is 0 Å². The van der Waals surface area contributed by atoms with Crippen LogP contribution in [0.2, 0.25) is 0 Å². The molecule has 2 rings (SSSR count). The fourth-order valence-electron chi connectivity index (χ4n) is 3.40. The van der Waals surface area contributed by atoms with E-state index >= 15 is 0 Å². The molecule has 2 fully saturated rings. The third-order valence-electron chi connectivity index (χ3n) is 4.99. The Labute approximate surface area is 108 Å². The van der Waals surface area contributed by atoms with Crippen molar-refractivity contribution >= 4 is 11.9 Å². The van der Waals surface area contributed by atoms with Gasteiger partial charge in [0.15, 0.2) is 5.78 Å². The van der Waals surface area contributed by atoms with Crippen LogP contribution in [0, 0.1) is 16.7 Å². The molecule has 2 aliphatic rings.